The summed E-state index contributed by atoms with van der Waals surface area (Å²) in [5.41, 5.74) is 0.154. The SMILES string of the molecule is CC(C)(C)OC(=O)N1CCC[C@H](CNCC(=O)c2ccc[nH]2)C1. The summed E-state index contributed by atoms with van der Waals surface area (Å²) in [6.07, 6.45) is 3.52. The van der Waals surface area contributed by atoms with E-state index < -0.39 is 5.60 Å². The van der Waals surface area contributed by atoms with Crippen LogP contribution in [0.3, 0.4) is 0 Å². The maximum absolute atomic E-state index is 12.1. The van der Waals surface area contributed by atoms with E-state index in [1.54, 1.807) is 17.2 Å². The number of carbonyl (C=O) groups excluding carboxylic acids is 2. The van der Waals surface area contributed by atoms with E-state index in [9.17, 15) is 9.59 Å². The van der Waals surface area contributed by atoms with Crippen LogP contribution in [0.2, 0.25) is 0 Å². The second-order valence-corrected chi connectivity index (χ2v) is 7.07. The van der Waals surface area contributed by atoms with Crippen LogP contribution in [-0.2, 0) is 4.74 Å². The number of piperidine rings is 1. The van der Waals surface area contributed by atoms with Crippen LogP contribution >= 0.6 is 0 Å². The molecule has 0 aromatic carbocycles. The third kappa shape index (κ3) is 5.71. The molecule has 0 saturated carbocycles. The van der Waals surface area contributed by atoms with Crippen LogP contribution in [0, 0.1) is 5.92 Å². The Hall–Kier alpha value is -1.82. The van der Waals surface area contributed by atoms with Crippen LogP contribution in [0.4, 0.5) is 4.79 Å². The summed E-state index contributed by atoms with van der Waals surface area (Å²) >= 11 is 0. The van der Waals surface area contributed by atoms with E-state index in [1.807, 2.05) is 26.8 Å². The van der Waals surface area contributed by atoms with Gasteiger partial charge in [0.05, 0.1) is 12.2 Å². The predicted octanol–water partition coefficient (Wildman–Crippen LogP) is 2.43. The smallest absolute Gasteiger partial charge is 0.410 e. The maximum Gasteiger partial charge on any atom is 0.410 e. The molecule has 0 aliphatic carbocycles. The number of H-pyrrole nitrogens is 1. The van der Waals surface area contributed by atoms with Crippen molar-refractivity contribution in [3.8, 4) is 0 Å². The van der Waals surface area contributed by atoms with Crippen molar-refractivity contribution in [3.63, 3.8) is 0 Å². The van der Waals surface area contributed by atoms with Crippen molar-refractivity contribution in [2.24, 2.45) is 5.92 Å². The molecule has 1 aliphatic heterocycles. The number of carbonyl (C=O) groups is 2. The average Bonchev–Trinajstić information content (AvgIpc) is 3.00. The summed E-state index contributed by atoms with van der Waals surface area (Å²) in [5.74, 6) is 0.405. The summed E-state index contributed by atoms with van der Waals surface area (Å²) in [5, 5.41) is 3.20. The molecule has 0 spiro atoms. The van der Waals surface area contributed by atoms with Crippen molar-refractivity contribution >= 4 is 11.9 Å². The second kappa shape index (κ2) is 7.64. The van der Waals surface area contributed by atoms with Gasteiger partial charge in [-0.3, -0.25) is 4.79 Å². The first-order valence-electron chi connectivity index (χ1n) is 8.20. The number of aromatic nitrogens is 1. The van der Waals surface area contributed by atoms with Gasteiger partial charge in [-0.15, -0.1) is 0 Å². The molecule has 0 bridgehead atoms. The summed E-state index contributed by atoms with van der Waals surface area (Å²) in [6, 6.07) is 3.59. The zero-order valence-corrected chi connectivity index (χ0v) is 14.2. The quantitative estimate of drug-likeness (QED) is 0.817. The number of amides is 1. The molecular weight excluding hydrogens is 294 g/mol. The Morgan fingerprint density at radius 2 is 2.22 bits per heavy atom. The molecule has 1 saturated heterocycles. The Morgan fingerprint density at radius 1 is 1.43 bits per heavy atom. The van der Waals surface area contributed by atoms with Gasteiger partial charge in [0.2, 0.25) is 0 Å². The van der Waals surface area contributed by atoms with Crippen LogP contribution < -0.4 is 5.32 Å². The van der Waals surface area contributed by atoms with Gasteiger partial charge in [-0.1, -0.05) is 0 Å². The van der Waals surface area contributed by atoms with Crippen LogP contribution in [0.15, 0.2) is 18.3 Å². The van der Waals surface area contributed by atoms with Gasteiger partial charge in [-0.25, -0.2) is 4.79 Å². The molecular formula is C17H27N3O3. The number of nitrogens with one attached hydrogen (secondary N) is 2. The minimum absolute atomic E-state index is 0.0507. The van der Waals surface area contributed by atoms with Gasteiger partial charge in [0.25, 0.3) is 0 Å². The van der Waals surface area contributed by atoms with Crippen LogP contribution in [0.5, 0.6) is 0 Å². The third-order valence-corrected chi connectivity index (χ3v) is 3.79. The van der Waals surface area contributed by atoms with E-state index in [0.717, 1.165) is 25.9 Å². The molecule has 2 heterocycles. The van der Waals surface area contributed by atoms with E-state index in [2.05, 4.69) is 10.3 Å². The number of hydrogen-bond donors (Lipinski definition) is 2. The van der Waals surface area contributed by atoms with E-state index in [-0.39, 0.29) is 11.9 Å². The molecule has 1 atom stereocenters. The lowest BCUT2D eigenvalue weighted by Gasteiger charge is -2.34. The van der Waals surface area contributed by atoms with Crippen LogP contribution in [0.25, 0.3) is 0 Å². The fraction of sp³-hybridized carbons (Fsp3) is 0.647. The molecule has 1 aromatic heterocycles. The Labute approximate surface area is 137 Å². The third-order valence-electron chi connectivity index (χ3n) is 3.79. The zero-order valence-electron chi connectivity index (χ0n) is 14.2. The topological polar surface area (TPSA) is 74.4 Å². The molecule has 1 aromatic rings. The lowest BCUT2D eigenvalue weighted by Crippen LogP contribution is -2.45. The molecule has 1 amide bonds. The van der Waals surface area contributed by atoms with Gasteiger partial charge in [-0.05, 0) is 51.7 Å². The van der Waals surface area contributed by atoms with Gasteiger partial charge < -0.3 is 19.9 Å². The number of rotatable bonds is 5. The van der Waals surface area contributed by atoms with E-state index >= 15 is 0 Å². The molecule has 0 radical (unpaired) electrons. The first kappa shape index (κ1) is 17.5. The minimum atomic E-state index is -0.468. The second-order valence-electron chi connectivity index (χ2n) is 7.07. The number of hydrogen-bond acceptors (Lipinski definition) is 4. The molecule has 0 unspecified atom stereocenters. The number of aromatic amines is 1. The van der Waals surface area contributed by atoms with Crippen molar-refractivity contribution in [2.75, 3.05) is 26.2 Å². The van der Waals surface area contributed by atoms with Gasteiger partial charge >= 0.3 is 6.09 Å². The van der Waals surface area contributed by atoms with E-state index in [1.165, 1.54) is 0 Å². The Kier molecular flexibility index (Phi) is 5.82. The first-order valence-corrected chi connectivity index (χ1v) is 8.20. The number of ketones is 1. The summed E-state index contributed by atoms with van der Waals surface area (Å²) in [6.45, 7) is 8.08. The Balaban J connectivity index is 1.73. The van der Waals surface area contributed by atoms with Crippen molar-refractivity contribution in [1.29, 1.82) is 0 Å². The number of nitrogens with zero attached hydrogens (tertiary/aromatic N) is 1. The van der Waals surface area contributed by atoms with E-state index in [4.69, 9.17) is 4.74 Å². The fourth-order valence-electron chi connectivity index (χ4n) is 2.71. The molecule has 6 nitrogen and oxygen atoms in total. The number of Topliss-reactive ketones (excluding diaryl/α,β-unsaturated/α-hetero) is 1. The van der Waals surface area contributed by atoms with Crippen molar-refractivity contribution < 1.29 is 14.3 Å². The lowest BCUT2D eigenvalue weighted by molar-refractivity contribution is 0.0166. The van der Waals surface area contributed by atoms with Crippen molar-refractivity contribution in [2.45, 2.75) is 39.2 Å². The highest BCUT2D eigenvalue weighted by atomic mass is 16.6. The van der Waals surface area contributed by atoms with Crippen molar-refractivity contribution in [3.05, 3.63) is 24.0 Å². The van der Waals surface area contributed by atoms with Gasteiger partial charge in [-0.2, -0.15) is 0 Å². The molecule has 6 heteroatoms. The first-order chi connectivity index (χ1) is 10.8. The fourth-order valence-corrected chi connectivity index (χ4v) is 2.71. The average molecular weight is 321 g/mol. The number of likely N-dealkylation sites (tertiary alicyclic amines) is 1. The molecule has 1 fully saturated rings. The molecule has 23 heavy (non-hydrogen) atoms. The largest absolute Gasteiger partial charge is 0.444 e. The van der Waals surface area contributed by atoms with Gasteiger partial charge in [0.1, 0.15) is 5.60 Å². The van der Waals surface area contributed by atoms with E-state index in [0.29, 0.717) is 24.7 Å². The van der Waals surface area contributed by atoms with Gasteiger partial charge in [0.15, 0.2) is 5.78 Å². The standard InChI is InChI=1S/C17H27N3O3/c1-17(2,3)23-16(22)20-9-5-6-13(12-20)10-18-11-15(21)14-7-4-8-19-14/h4,7-8,13,18-19H,5-6,9-12H2,1-3H3/t13-/m1/s1. The van der Waals surface area contributed by atoms with Gasteiger partial charge in [0, 0.05) is 25.8 Å². The zero-order chi connectivity index (χ0) is 16.9. The lowest BCUT2D eigenvalue weighted by atomic mass is 9.98. The molecule has 128 valence electrons. The highest BCUT2D eigenvalue weighted by Crippen LogP contribution is 2.18. The predicted molar refractivity (Wildman–Crippen MR) is 88.5 cm³/mol. The summed E-state index contributed by atoms with van der Waals surface area (Å²) in [4.78, 5) is 28.7. The summed E-state index contributed by atoms with van der Waals surface area (Å²) in [7, 11) is 0. The molecule has 1 aliphatic rings. The number of ether oxygens (including phenoxy) is 1. The molecule has 2 rings (SSSR count). The highest BCUT2D eigenvalue weighted by molar-refractivity contribution is 5.95. The normalized spacial score (nSPS) is 18.7. The molecule has 2 N–H and O–H groups in total. The van der Waals surface area contributed by atoms with Crippen LogP contribution in [0.1, 0.15) is 44.1 Å². The highest BCUT2D eigenvalue weighted by Gasteiger charge is 2.27. The Morgan fingerprint density at radius 3 is 2.87 bits per heavy atom. The monoisotopic (exact) mass is 321 g/mol. The van der Waals surface area contributed by atoms with Crippen LogP contribution in [-0.4, -0.2) is 53.5 Å². The maximum atomic E-state index is 12.1. The van der Waals surface area contributed by atoms with Crippen molar-refractivity contribution in [1.82, 2.24) is 15.2 Å². The summed E-state index contributed by atoms with van der Waals surface area (Å²) < 4.78 is 5.43. The Bertz CT molecular complexity index is 520. The minimum Gasteiger partial charge on any atom is -0.444 e.